The normalized spacial score (nSPS) is 12.2. The van der Waals surface area contributed by atoms with Crippen LogP contribution in [0.1, 0.15) is 0 Å². The van der Waals surface area contributed by atoms with Crippen molar-refractivity contribution in [3.8, 4) is 22.5 Å². The van der Waals surface area contributed by atoms with Crippen molar-refractivity contribution in [1.29, 1.82) is 0 Å². The maximum absolute atomic E-state index is 7.14. The van der Waals surface area contributed by atoms with Gasteiger partial charge in [-0.2, -0.15) is 0 Å². The predicted octanol–water partition coefficient (Wildman–Crippen LogP) is 13.8. The van der Waals surface area contributed by atoms with Gasteiger partial charge >= 0.3 is 0 Å². The van der Waals surface area contributed by atoms with Crippen molar-refractivity contribution in [3.05, 3.63) is 170 Å². The molecule has 242 valence electrons. The fourth-order valence-electron chi connectivity index (χ4n) is 8.72. The third kappa shape index (κ3) is 3.74. The topological polar surface area (TPSA) is 23.0 Å². The van der Waals surface area contributed by atoms with Crippen LogP contribution in [0.25, 0.3) is 108 Å². The van der Waals surface area contributed by atoms with Crippen LogP contribution in [0.4, 0.5) is 0 Å². The van der Waals surface area contributed by atoms with E-state index in [9.17, 15) is 0 Å². The molecular formula is C48H28N2OS. The van der Waals surface area contributed by atoms with Gasteiger partial charge in [0.2, 0.25) is 0 Å². The molecule has 0 radical (unpaired) electrons. The number of nitrogens with zero attached hydrogens (tertiary/aromatic N) is 2. The Morgan fingerprint density at radius 3 is 1.65 bits per heavy atom. The van der Waals surface area contributed by atoms with Gasteiger partial charge in [-0.05, 0) is 77.9 Å². The lowest BCUT2D eigenvalue weighted by Crippen LogP contribution is -1.94. The zero-order valence-corrected chi connectivity index (χ0v) is 28.7. The summed E-state index contributed by atoms with van der Waals surface area (Å²) in [6.07, 6.45) is 0. The summed E-state index contributed by atoms with van der Waals surface area (Å²) in [5.74, 6) is 0. The molecule has 0 saturated heterocycles. The molecule has 0 N–H and O–H groups in total. The van der Waals surface area contributed by atoms with E-state index >= 15 is 0 Å². The molecule has 0 saturated carbocycles. The van der Waals surface area contributed by atoms with Gasteiger partial charge in [0.25, 0.3) is 0 Å². The highest BCUT2D eigenvalue weighted by atomic mass is 32.1. The highest BCUT2D eigenvalue weighted by Crippen LogP contribution is 2.45. The van der Waals surface area contributed by atoms with Crippen LogP contribution in [-0.2, 0) is 0 Å². The summed E-state index contributed by atoms with van der Waals surface area (Å²) in [7, 11) is 0. The second-order valence-electron chi connectivity index (χ2n) is 13.6. The number of fused-ring (bicyclic) bond motifs is 14. The largest absolute Gasteiger partial charge is 0.455 e. The summed E-state index contributed by atoms with van der Waals surface area (Å²) < 4.78 is 14.5. The van der Waals surface area contributed by atoms with E-state index in [0.717, 1.165) is 60.6 Å². The molecule has 0 spiro atoms. The molecule has 4 heteroatoms. The molecule has 0 aliphatic rings. The van der Waals surface area contributed by atoms with Crippen LogP contribution in [0.15, 0.2) is 174 Å². The molecule has 0 atom stereocenters. The van der Waals surface area contributed by atoms with E-state index in [1.165, 1.54) is 47.6 Å². The average molecular weight is 681 g/mol. The molecule has 3 nitrogen and oxygen atoms in total. The average Bonchev–Trinajstić information content (AvgIpc) is 3.95. The third-order valence-electron chi connectivity index (χ3n) is 10.9. The first-order chi connectivity index (χ1) is 25.8. The zero-order chi connectivity index (χ0) is 33.9. The molecule has 0 fully saturated rings. The Kier molecular flexibility index (Phi) is 5.65. The molecule has 0 aliphatic carbocycles. The summed E-state index contributed by atoms with van der Waals surface area (Å²) in [5.41, 5.74) is 11.2. The Hall–Kier alpha value is -6.62. The van der Waals surface area contributed by atoms with Crippen molar-refractivity contribution in [2.75, 3.05) is 0 Å². The highest BCUT2D eigenvalue weighted by Gasteiger charge is 2.22. The summed E-state index contributed by atoms with van der Waals surface area (Å²) in [5, 5.41) is 9.56. The molecule has 12 aromatic rings. The molecule has 52 heavy (non-hydrogen) atoms. The number of para-hydroxylation sites is 3. The Bertz CT molecular complexity index is 3410. The van der Waals surface area contributed by atoms with Crippen LogP contribution >= 0.6 is 11.3 Å². The maximum atomic E-state index is 7.14. The second kappa shape index (κ2) is 10.5. The maximum Gasteiger partial charge on any atom is 0.145 e. The van der Waals surface area contributed by atoms with E-state index in [2.05, 4.69) is 179 Å². The molecule has 0 bridgehead atoms. The second-order valence-corrected chi connectivity index (χ2v) is 14.7. The first-order valence-corrected chi connectivity index (χ1v) is 18.5. The lowest BCUT2D eigenvalue weighted by molar-refractivity contribution is 0.677. The van der Waals surface area contributed by atoms with Crippen LogP contribution in [0.3, 0.4) is 0 Å². The fourth-order valence-corrected chi connectivity index (χ4v) is 9.95. The quantitative estimate of drug-likeness (QED) is 0.182. The minimum atomic E-state index is 0.928. The first-order valence-electron chi connectivity index (χ1n) is 17.7. The SMILES string of the molecule is c1ccc(-n2c3ccccc3c3c4oc5c(ccc6c5c5ccccc5n6-c5cccc(-c6cccc7c6sc6ccccc67)c5)c4ccc32)cc1. The molecule has 0 unspecified atom stereocenters. The molecule has 4 aromatic heterocycles. The smallest absolute Gasteiger partial charge is 0.145 e. The Labute approximate surface area is 301 Å². The molecule has 4 heterocycles. The van der Waals surface area contributed by atoms with Crippen LogP contribution in [0.2, 0.25) is 0 Å². The Balaban J connectivity index is 1.13. The number of benzene rings is 8. The van der Waals surface area contributed by atoms with Crippen molar-refractivity contribution >= 4 is 97.1 Å². The van der Waals surface area contributed by atoms with Crippen molar-refractivity contribution in [3.63, 3.8) is 0 Å². The molecular weight excluding hydrogens is 653 g/mol. The number of rotatable bonds is 3. The van der Waals surface area contributed by atoms with Gasteiger partial charge in [0.15, 0.2) is 0 Å². The number of furan rings is 1. The molecule has 0 aliphatic heterocycles. The van der Waals surface area contributed by atoms with Gasteiger partial charge in [-0.15, -0.1) is 11.3 Å². The molecule has 0 amide bonds. The summed E-state index contributed by atoms with van der Waals surface area (Å²) >= 11 is 1.88. The van der Waals surface area contributed by atoms with Gasteiger partial charge in [0.1, 0.15) is 11.2 Å². The van der Waals surface area contributed by atoms with E-state index in [0.29, 0.717) is 0 Å². The van der Waals surface area contributed by atoms with Gasteiger partial charge < -0.3 is 13.6 Å². The van der Waals surface area contributed by atoms with Crippen molar-refractivity contribution in [2.45, 2.75) is 0 Å². The summed E-state index contributed by atoms with van der Waals surface area (Å²) in [4.78, 5) is 0. The number of aromatic nitrogens is 2. The van der Waals surface area contributed by atoms with Gasteiger partial charge in [-0.3, -0.25) is 0 Å². The third-order valence-corrected chi connectivity index (χ3v) is 12.1. The van der Waals surface area contributed by atoms with Crippen molar-refractivity contribution in [2.24, 2.45) is 0 Å². The van der Waals surface area contributed by atoms with Gasteiger partial charge in [0.05, 0.1) is 32.8 Å². The summed E-state index contributed by atoms with van der Waals surface area (Å²) in [6, 6.07) is 61.5. The van der Waals surface area contributed by atoms with Gasteiger partial charge in [0, 0.05) is 53.1 Å². The van der Waals surface area contributed by atoms with Crippen molar-refractivity contribution < 1.29 is 4.42 Å². The fraction of sp³-hybridized carbons (Fsp3) is 0. The van der Waals surface area contributed by atoms with Crippen LogP contribution in [0.5, 0.6) is 0 Å². The van der Waals surface area contributed by atoms with E-state index < -0.39 is 0 Å². The number of hydrogen-bond donors (Lipinski definition) is 0. The lowest BCUT2D eigenvalue weighted by Gasteiger charge is -2.11. The van der Waals surface area contributed by atoms with Crippen LogP contribution in [-0.4, -0.2) is 9.13 Å². The minimum Gasteiger partial charge on any atom is -0.455 e. The zero-order valence-electron chi connectivity index (χ0n) is 27.9. The number of thiophene rings is 1. The number of hydrogen-bond acceptors (Lipinski definition) is 2. The first kappa shape index (κ1) is 28.1. The van der Waals surface area contributed by atoms with Crippen LogP contribution < -0.4 is 0 Å². The van der Waals surface area contributed by atoms with Gasteiger partial charge in [-0.25, -0.2) is 0 Å². The molecule has 8 aromatic carbocycles. The predicted molar refractivity (Wildman–Crippen MR) is 221 cm³/mol. The van der Waals surface area contributed by atoms with Crippen molar-refractivity contribution in [1.82, 2.24) is 9.13 Å². The van der Waals surface area contributed by atoms with Crippen LogP contribution in [0, 0.1) is 0 Å². The Morgan fingerprint density at radius 1 is 0.385 bits per heavy atom. The van der Waals surface area contributed by atoms with E-state index in [-0.39, 0.29) is 0 Å². The van der Waals surface area contributed by atoms with Gasteiger partial charge in [-0.1, -0.05) is 103 Å². The van der Waals surface area contributed by atoms with E-state index in [4.69, 9.17) is 4.42 Å². The highest BCUT2D eigenvalue weighted by molar-refractivity contribution is 7.26. The molecule has 12 rings (SSSR count). The van der Waals surface area contributed by atoms with E-state index in [1.54, 1.807) is 0 Å². The minimum absolute atomic E-state index is 0.928. The Morgan fingerprint density at radius 2 is 0.942 bits per heavy atom. The standard InChI is InChI=1S/C48H28N2OS/c1-2-13-30(14-3-1)49-39-21-7-4-17-37(39)44-41(49)26-24-34-35-25-27-42-45(47(35)51-46(34)44)38-18-5-8-22-40(38)50(42)31-15-10-12-29(28-31)32-19-11-20-36-33-16-6-9-23-43(33)52-48(32)36/h1-28H. The van der Waals surface area contributed by atoms with E-state index in [1.807, 2.05) is 11.3 Å². The summed E-state index contributed by atoms with van der Waals surface area (Å²) in [6.45, 7) is 0. The monoisotopic (exact) mass is 680 g/mol. The lowest BCUT2D eigenvalue weighted by atomic mass is 10.0.